The predicted molar refractivity (Wildman–Crippen MR) is 78.5 cm³/mol. The van der Waals surface area contributed by atoms with Crippen molar-refractivity contribution in [1.29, 1.82) is 0 Å². The van der Waals surface area contributed by atoms with Crippen molar-refractivity contribution in [2.24, 2.45) is 0 Å². The lowest BCUT2D eigenvalue weighted by molar-refractivity contribution is -0.138. The zero-order chi connectivity index (χ0) is 17.3. The van der Waals surface area contributed by atoms with E-state index in [2.05, 4.69) is 20.5 Å². The fraction of sp³-hybridized carbons (Fsp3) is 0.400. The van der Waals surface area contributed by atoms with Gasteiger partial charge in [0, 0.05) is 12.0 Å². The van der Waals surface area contributed by atoms with Crippen LogP contribution in [0.1, 0.15) is 46.9 Å². The maximum absolute atomic E-state index is 13.2. The van der Waals surface area contributed by atoms with Crippen LogP contribution in [0.15, 0.2) is 29.1 Å². The molecule has 128 valence electrons. The molecule has 1 aromatic heterocycles. The van der Waals surface area contributed by atoms with Gasteiger partial charge in [0.2, 0.25) is 5.82 Å². The Bertz CT molecular complexity index is 796. The molecule has 1 aliphatic rings. The van der Waals surface area contributed by atoms with Crippen LogP contribution in [0.4, 0.5) is 13.2 Å². The van der Waals surface area contributed by atoms with Crippen molar-refractivity contribution < 1.29 is 18.0 Å². The monoisotopic (exact) mass is 340 g/mol. The van der Waals surface area contributed by atoms with Crippen LogP contribution in [0, 0.1) is 0 Å². The molecule has 6 nitrogen and oxygen atoms in total. The fourth-order valence-electron chi connectivity index (χ4n) is 3.20. The minimum absolute atomic E-state index is 0.184. The van der Waals surface area contributed by atoms with E-state index in [4.69, 9.17) is 0 Å². The summed E-state index contributed by atoms with van der Waals surface area (Å²) in [7, 11) is 0. The number of amides is 1. The number of carbonyl (C=O) groups excluding carboxylic acids is 1. The van der Waals surface area contributed by atoms with E-state index < -0.39 is 35.3 Å². The van der Waals surface area contributed by atoms with E-state index in [1.165, 1.54) is 12.1 Å². The van der Waals surface area contributed by atoms with E-state index in [1.54, 1.807) is 6.07 Å². The number of benzene rings is 1. The minimum Gasteiger partial charge on any atom is -0.346 e. The highest BCUT2D eigenvalue weighted by Crippen LogP contribution is 2.41. The van der Waals surface area contributed by atoms with Gasteiger partial charge >= 0.3 is 11.9 Å². The summed E-state index contributed by atoms with van der Waals surface area (Å²) in [5.41, 5.74) is -1.11. The minimum atomic E-state index is -4.44. The molecule has 0 aliphatic heterocycles. The van der Waals surface area contributed by atoms with E-state index >= 15 is 0 Å². The Morgan fingerprint density at radius 3 is 2.67 bits per heavy atom. The van der Waals surface area contributed by atoms with Gasteiger partial charge in [-0.1, -0.05) is 24.6 Å². The number of halogens is 3. The summed E-state index contributed by atoms with van der Waals surface area (Å²) in [5.74, 6) is -1.23. The molecule has 24 heavy (non-hydrogen) atoms. The van der Waals surface area contributed by atoms with Crippen LogP contribution >= 0.6 is 0 Å². The van der Waals surface area contributed by atoms with E-state index in [9.17, 15) is 22.8 Å². The summed E-state index contributed by atoms with van der Waals surface area (Å²) >= 11 is 0. The lowest BCUT2D eigenvalue weighted by Crippen LogP contribution is -2.37. The molecule has 1 heterocycles. The molecule has 3 rings (SSSR count). The van der Waals surface area contributed by atoms with Gasteiger partial charge in [0.15, 0.2) is 0 Å². The van der Waals surface area contributed by atoms with Crippen LogP contribution in [0.2, 0.25) is 0 Å². The van der Waals surface area contributed by atoms with Gasteiger partial charge in [-0.05, 0) is 24.5 Å². The first kappa shape index (κ1) is 16.3. The first-order valence-corrected chi connectivity index (χ1v) is 7.48. The summed E-state index contributed by atoms with van der Waals surface area (Å²) in [4.78, 5) is 25.3. The van der Waals surface area contributed by atoms with Gasteiger partial charge in [-0.3, -0.25) is 9.78 Å². The molecular weight excluding hydrogens is 325 g/mol. The Morgan fingerprint density at radius 2 is 2.00 bits per heavy atom. The molecule has 2 aromatic rings. The lowest BCUT2D eigenvalue weighted by Gasteiger charge is -2.24. The van der Waals surface area contributed by atoms with Gasteiger partial charge in [-0.2, -0.15) is 13.2 Å². The van der Waals surface area contributed by atoms with Crippen molar-refractivity contribution in [1.82, 2.24) is 20.5 Å². The maximum atomic E-state index is 13.2. The smallest absolute Gasteiger partial charge is 0.346 e. The SMILES string of the molecule is O=C(NC1CCCC1c1ccccc1C(F)(F)F)c1n[nH]c(=O)[nH]1. The third-order valence-electron chi connectivity index (χ3n) is 4.21. The molecule has 1 fully saturated rings. The standard InChI is InChI=1S/C15H15F3N4O2/c16-15(17,18)10-6-2-1-4-8(10)9-5-3-7-11(9)19-13(23)12-20-14(24)22-21-12/h1-2,4,6,9,11H,3,5,7H2,(H,19,23)(H2,20,21,22,24). The highest BCUT2D eigenvalue weighted by Gasteiger charge is 2.39. The second-order valence-electron chi connectivity index (χ2n) is 5.73. The first-order chi connectivity index (χ1) is 11.4. The molecule has 0 saturated heterocycles. The molecule has 2 atom stereocenters. The van der Waals surface area contributed by atoms with Gasteiger partial charge in [-0.25, -0.2) is 9.89 Å². The lowest BCUT2D eigenvalue weighted by atomic mass is 9.89. The Balaban J connectivity index is 1.84. The highest BCUT2D eigenvalue weighted by atomic mass is 19.4. The van der Waals surface area contributed by atoms with Crippen molar-refractivity contribution in [3.8, 4) is 0 Å². The quantitative estimate of drug-likeness (QED) is 0.800. The fourth-order valence-corrected chi connectivity index (χ4v) is 3.20. The summed E-state index contributed by atoms with van der Waals surface area (Å²) in [6, 6.07) is 4.98. The van der Waals surface area contributed by atoms with E-state index in [0.29, 0.717) is 19.3 Å². The van der Waals surface area contributed by atoms with Crippen molar-refractivity contribution in [3.05, 3.63) is 51.7 Å². The van der Waals surface area contributed by atoms with Crippen molar-refractivity contribution in [3.63, 3.8) is 0 Å². The number of aromatic nitrogens is 3. The van der Waals surface area contributed by atoms with Gasteiger partial charge in [-0.15, -0.1) is 5.10 Å². The van der Waals surface area contributed by atoms with Crippen LogP contribution in [-0.4, -0.2) is 27.1 Å². The number of hydrogen-bond donors (Lipinski definition) is 3. The average Bonchev–Trinajstić information content (AvgIpc) is 3.15. The number of rotatable bonds is 3. The molecule has 3 N–H and O–H groups in total. The van der Waals surface area contributed by atoms with Crippen LogP contribution in [0.3, 0.4) is 0 Å². The molecule has 0 bridgehead atoms. The Kier molecular flexibility index (Phi) is 4.16. The van der Waals surface area contributed by atoms with Crippen LogP contribution < -0.4 is 11.0 Å². The average molecular weight is 340 g/mol. The van der Waals surface area contributed by atoms with Crippen LogP contribution in [0.5, 0.6) is 0 Å². The number of carbonyl (C=O) groups is 1. The van der Waals surface area contributed by atoms with Crippen LogP contribution in [-0.2, 0) is 6.18 Å². The normalized spacial score (nSPS) is 21.0. The molecule has 0 radical (unpaired) electrons. The summed E-state index contributed by atoms with van der Waals surface area (Å²) in [6.07, 6.45) is -2.62. The zero-order valence-corrected chi connectivity index (χ0v) is 12.5. The number of hydrogen-bond acceptors (Lipinski definition) is 3. The molecule has 1 aromatic carbocycles. The van der Waals surface area contributed by atoms with Crippen molar-refractivity contribution in [2.45, 2.75) is 37.4 Å². The molecule has 1 saturated carbocycles. The number of H-pyrrole nitrogens is 2. The predicted octanol–water partition coefficient (Wildman–Crippen LogP) is 2.18. The maximum Gasteiger partial charge on any atom is 0.416 e. The topological polar surface area (TPSA) is 90.6 Å². The van der Waals surface area contributed by atoms with Gasteiger partial charge in [0.25, 0.3) is 5.91 Å². The highest BCUT2D eigenvalue weighted by molar-refractivity contribution is 5.90. The summed E-state index contributed by atoms with van der Waals surface area (Å²) in [5, 5.41) is 8.28. The van der Waals surface area contributed by atoms with Gasteiger partial charge in [0.05, 0.1) is 5.56 Å². The first-order valence-electron chi connectivity index (χ1n) is 7.48. The number of aromatic amines is 2. The molecule has 0 spiro atoms. The second kappa shape index (κ2) is 6.14. The molecule has 9 heteroatoms. The molecular formula is C15H15F3N4O2. The van der Waals surface area contributed by atoms with Crippen molar-refractivity contribution >= 4 is 5.91 Å². The van der Waals surface area contributed by atoms with Gasteiger partial charge in [0.1, 0.15) is 0 Å². The number of nitrogens with zero attached hydrogens (tertiary/aromatic N) is 1. The number of alkyl halides is 3. The summed E-state index contributed by atoms with van der Waals surface area (Å²) in [6.45, 7) is 0. The zero-order valence-electron chi connectivity index (χ0n) is 12.5. The van der Waals surface area contributed by atoms with Crippen LogP contribution in [0.25, 0.3) is 0 Å². The van der Waals surface area contributed by atoms with E-state index in [1.807, 2.05) is 0 Å². The molecule has 2 unspecified atom stereocenters. The Labute approximate surface area is 134 Å². The Hall–Kier alpha value is -2.58. The third kappa shape index (κ3) is 3.19. The summed E-state index contributed by atoms with van der Waals surface area (Å²) < 4.78 is 39.7. The van der Waals surface area contributed by atoms with Crippen molar-refractivity contribution in [2.75, 3.05) is 0 Å². The number of nitrogens with one attached hydrogen (secondary N) is 3. The largest absolute Gasteiger partial charge is 0.416 e. The van der Waals surface area contributed by atoms with E-state index in [-0.39, 0.29) is 11.4 Å². The van der Waals surface area contributed by atoms with Gasteiger partial charge < -0.3 is 5.32 Å². The van der Waals surface area contributed by atoms with E-state index in [0.717, 1.165) is 6.07 Å². The molecule has 1 aliphatic carbocycles. The second-order valence-corrected chi connectivity index (χ2v) is 5.73. The Morgan fingerprint density at radius 1 is 1.25 bits per heavy atom. The molecule has 1 amide bonds. The third-order valence-corrected chi connectivity index (χ3v) is 4.21.